The second-order valence-corrected chi connectivity index (χ2v) is 5.62. The summed E-state index contributed by atoms with van der Waals surface area (Å²) in [5, 5.41) is 17.1. The van der Waals surface area contributed by atoms with Gasteiger partial charge in [-0.15, -0.1) is 0 Å². The van der Waals surface area contributed by atoms with Crippen molar-refractivity contribution in [2.45, 2.75) is 12.6 Å². The number of ether oxygens (including phenoxy) is 1. The van der Waals surface area contributed by atoms with Crippen molar-refractivity contribution in [1.82, 2.24) is 5.32 Å². The van der Waals surface area contributed by atoms with E-state index < -0.39 is 6.10 Å². The lowest BCUT2D eigenvalue weighted by Crippen LogP contribution is -2.20. The molecule has 4 nitrogen and oxygen atoms in total. The first-order chi connectivity index (χ1) is 10.8. The van der Waals surface area contributed by atoms with E-state index in [1.165, 1.54) is 0 Å². The third kappa shape index (κ3) is 3.98. The van der Waals surface area contributed by atoms with Gasteiger partial charge in [0.2, 0.25) is 0 Å². The SMILES string of the molecule is OC(CNCc1ccc(Oc2ccccc2)o1)c1ccsc1. The van der Waals surface area contributed by atoms with E-state index in [0.717, 1.165) is 17.1 Å². The number of rotatable bonds is 7. The zero-order valence-corrected chi connectivity index (χ0v) is 12.8. The van der Waals surface area contributed by atoms with E-state index in [0.29, 0.717) is 19.0 Å². The van der Waals surface area contributed by atoms with Gasteiger partial charge in [0.1, 0.15) is 11.5 Å². The lowest BCUT2D eigenvalue weighted by Gasteiger charge is -2.09. The van der Waals surface area contributed by atoms with Crippen molar-refractivity contribution in [3.05, 3.63) is 70.6 Å². The van der Waals surface area contributed by atoms with Crippen LogP contribution < -0.4 is 10.1 Å². The zero-order chi connectivity index (χ0) is 15.2. The fourth-order valence-corrected chi connectivity index (χ4v) is 2.73. The Labute approximate surface area is 133 Å². The molecule has 0 spiro atoms. The number of nitrogens with one attached hydrogen (secondary N) is 1. The Morgan fingerprint density at radius 3 is 2.77 bits per heavy atom. The molecule has 1 unspecified atom stereocenters. The minimum absolute atomic E-state index is 0.460. The average molecular weight is 315 g/mol. The number of para-hydroxylation sites is 1. The van der Waals surface area contributed by atoms with Crippen molar-refractivity contribution >= 4 is 11.3 Å². The normalized spacial score (nSPS) is 12.2. The van der Waals surface area contributed by atoms with Gasteiger partial charge in [-0.1, -0.05) is 18.2 Å². The van der Waals surface area contributed by atoms with Crippen molar-refractivity contribution in [2.75, 3.05) is 6.54 Å². The molecule has 0 saturated carbocycles. The lowest BCUT2D eigenvalue weighted by atomic mass is 10.2. The van der Waals surface area contributed by atoms with E-state index >= 15 is 0 Å². The van der Waals surface area contributed by atoms with Gasteiger partial charge in [-0.2, -0.15) is 11.3 Å². The maximum Gasteiger partial charge on any atom is 0.290 e. The fourth-order valence-electron chi connectivity index (χ4n) is 2.03. The highest BCUT2D eigenvalue weighted by molar-refractivity contribution is 7.07. The predicted octanol–water partition coefficient (Wildman–Crippen LogP) is 3.96. The van der Waals surface area contributed by atoms with Crippen molar-refractivity contribution in [1.29, 1.82) is 0 Å². The third-order valence-electron chi connectivity index (χ3n) is 3.16. The van der Waals surface area contributed by atoms with Crippen molar-refractivity contribution in [2.24, 2.45) is 0 Å². The maximum atomic E-state index is 9.98. The van der Waals surface area contributed by atoms with Crippen molar-refractivity contribution in [3.63, 3.8) is 0 Å². The Hall–Kier alpha value is -2.08. The van der Waals surface area contributed by atoms with Crippen LogP contribution in [0.4, 0.5) is 0 Å². The average Bonchev–Trinajstić information content (AvgIpc) is 3.20. The number of benzene rings is 1. The van der Waals surface area contributed by atoms with Crippen LogP contribution in [0.25, 0.3) is 0 Å². The van der Waals surface area contributed by atoms with E-state index in [9.17, 15) is 5.11 Å². The molecule has 0 aliphatic heterocycles. The molecule has 0 saturated heterocycles. The topological polar surface area (TPSA) is 54.6 Å². The minimum atomic E-state index is -0.499. The molecule has 0 amide bonds. The molecule has 22 heavy (non-hydrogen) atoms. The van der Waals surface area contributed by atoms with Crippen LogP contribution in [0, 0.1) is 0 Å². The van der Waals surface area contributed by atoms with Crippen LogP contribution >= 0.6 is 11.3 Å². The molecular weight excluding hydrogens is 298 g/mol. The molecule has 1 atom stereocenters. The smallest absolute Gasteiger partial charge is 0.290 e. The Balaban J connectivity index is 1.48. The quantitative estimate of drug-likeness (QED) is 0.693. The molecule has 3 aromatic rings. The molecule has 2 N–H and O–H groups in total. The van der Waals surface area contributed by atoms with Gasteiger partial charge < -0.3 is 19.6 Å². The summed E-state index contributed by atoms with van der Waals surface area (Å²) in [6.07, 6.45) is -0.499. The van der Waals surface area contributed by atoms with Crippen LogP contribution in [0.15, 0.2) is 63.7 Å². The number of aliphatic hydroxyl groups excluding tert-OH is 1. The molecule has 0 aliphatic rings. The van der Waals surface area contributed by atoms with Gasteiger partial charge in [-0.25, -0.2) is 0 Å². The summed E-state index contributed by atoms with van der Waals surface area (Å²) >= 11 is 1.58. The summed E-state index contributed by atoms with van der Waals surface area (Å²) in [5.74, 6) is 1.97. The number of aliphatic hydroxyl groups is 1. The van der Waals surface area contributed by atoms with Gasteiger partial charge in [0, 0.05) is 12.6 Å². The van der Waals surface area contributed by atoms with Gasteiger partial charge in [-0.3, -0.25) is 0 Å². The summed E-state index contributed by atoms with van der Waals surface area (Å²) in [6, 6.07) is 15.1. The molecule has 3 rings (SSSR count). The van der Waals surface area contributed by atoms with Crippen LogP contribution in [0.5, 0.6) is 11.7 Å². The molecular formula is C17H17NO3S. The number of hydrogen-bond acceptors (Lipinski definition) is 5. The van der Waals surface area contributed by atoms with Crippen LogP contribution in [-0.2, 0) is 6.54 Å². The summed E-state index contributed by atoms with van der Waals surface area (Å²) in [7, 11) is 0. The summed E-state index contributed by atoms with van der Waals surface area (Å²) in [4.78, 5) is 0. The Morgan fingerprint density at radius 1 is 1.14 bits per heavy atom. The molecule has 0 fully saturated rings. The molecule has 0 radical (unpaired) electrons. The van der Waals surface area contributed by atoms with Gasteiger partial charge in [-0.05, 0) is 40.6 Å². The highest BCUT2D eigenvalue weighted by Crippen LogP contribution is 2.23. The highest BCUT2D eigenvalue weighted by Gasteiger charge is 2.08. The van der Waals surface area contributed by atoms with Gasteiger partial charge in [0.15, 0.2) is 0 Å². The van der Waals surface area contributed by atoms with Crippen molar-refractivity contribution in [3.8, 4) is 11.7 Å². The van der Waals surface area contributed by atoms with Crippen molar-refractivity contribution < 1.29 is 14.3 Å². The summed E-state index contributed by atoms with van der Waals surface area (Å²) in [5.41, 5.74) is 0.935. The number of thiophene rings is 1. The molecule has 2 heterocycles. The predicted molar refractivity (Wildman–Crippen MR) is 86.2 cm³/mol. The molecule has 5 heteroatoms. The Morgan fingerprint density at radius 2 is 2.00 bits per heavy atom. The molecule has 114 valence electrons. The van der Waals surface area contributed by atoms with E-state index in [1.54, 1.807) is 17.4 Å². The monoisotopic (exact) mass is 315 g/mol. The molecule has 1 aromatic carbocycles. The standard InChI is InChI=1S/C17H17NO3S/c19-16(13-8-9-22-12-13)11-18-10-15-6-7-17(21-15)20-14-4-2-1-3-5-14/h1-9,12,16,18-19H,10-11H2. The Kier molecular flexibility index (Phi) is 4.90. The number of hydrogen-bond donors (Lipinski definition) is 2. The van der Waals surface area contributed by atoms with Crippen LogP contribution in [-0.4, -0.2) is 11.7 Å². The first-order valence-corrected chi connectivity index (χ1v) is 7.98. The summed E-state index contributed by atoms with van der Waals surface area (Å²) in [6.45, 7) is 1.02. The van der Waals surface area contributed by atoms with Crippen LogP contribution in [0.1, 0.15) is 17.4 Å². The van der Waals surface area contributed by atoms with E-state index in [2.05, 4.69) is 5.32 Å². The largest absolute Gasteiger partial charge is 0.429 e. The molecule has 0 bridgehead atoms. The van der Waals surface area contributed by atoms with Gasteiger partial charge in [0.05, 0.1) is 12.6 Å². The zero-order valence-electron chi connectivity index (χ0n) is 11.9. The van der Waals surface area contributed by atoms with Gasteiger partial charge >= 0.3 is 0 Å². The lowest BCUT2D eigenvalue weighted by molar-refractivity contribution is 0.173. The first-order valence-electron chi connectivity index (χ1n) is 7.04. The number of furan rings is 1. The third-order valence-corrected chi connectivity index (χ3v) is 3.86. The highest BCUT2D eigenvalue weighted by atomic mass is 32.1. The van der Waals surface area contributed by atoms with Crippen LogP contribution in [0.2, 0.25) is 0 Å². The van der Waals surface area contributed by atoms with E-state index in [4.69, 9.17) is 9.15 Å². The van der Waals surface area contributed by atoms with E-state index in [-0.39, 0.29) is 0 Å². The maximum absolute atomic E-state index is 9.98. The minimum Gasteiger partial charge on any atom is -0.429 e. The fraction of sp³-hybridized carbons (Fsp3) is 0.176. The second kappa shape index (κ2) is 7.26. The Bertz CT molecular complexity index is 679. The van der Waals surface area contributed by atoms with Gasteiger partial charge in [0.25, 0.3) is 5.95 Å². The van der Waals surface area contributed by atoms with E-state index in [1.807, 2.05) is 53.2 Å². The molecule has 2 aromatic heterocycles. The summed E-state index contributed by atoms with van der Waals surface area (Å²) < 4.78 is 11.2. The first kappa shape index (κ1) is 14.8. The second-order valence-electron chi connectivity index (χ2n) is 4.84. The van der Waals surface area contributed by atoms with Crippen LogP contribution in [0.3, 0.4) is 0 Å². The molecule has 0 aliphatic carbocycles.